The predicted octanol–water partition coefficient (Wildman–Crippen LogP) is 3.31. The maximum absolute atomic E-state index is 12.6. The number of phenols is 1. The maximum atomic E-state index is 12.6. The zero-order valence-electron chi connectivity index (χ0n) is 13.4. The smallest absolute Gasteiger partial charge is 0.155 e. The van der Waals surface area contributed by atoms with E-state index in [1.807, 2.05) is 26.8 Å². The Kier molecular flexibility index (Phi) is 4.98. The predicted molar refractivity (Wildman–Crippen MR) is 82.9 cm³/mol. The monoisotopic (exact) mass is 277 g/mol. The molecule has 0 saturated heterocycles. The normalized spacial score (nSPS) is 14.1. The minimum absolute atomic E-state index is 0.137. The summed E-state index contributed by atoms with van der Waals surface area (Å²) in [6.45, 7) is 12.0. The summed E-state index contributed by atoms with van der Waals surface area (Å²) in [7, 11) is 0. The van der Waals surface area contributed by atoms with E-state index in [-0.39, 0.29) is 28.5 Å². The van der Waals surface area contributed by atoms with Crippen molar-refractivity contribution in [2.75, 3.05) is 0 Å². The molecule has 0 fully saturated rings. The number of nitrogens with one attached hydrogen (secondary N) is 1. The first kappa shape index (κ1) is 16.7. The van der Waals surface area contributed by atoms with Gasteiger partial charge < -0.3 is 10.4 Å². The van der Waals surface area contributed by atoms with Gasteiger partial charge in [0.25, 0.3) is 0 Å². The van der Waals surface area contributed by atoms with Crippen LogP contribution in [-0.2, 0) is 11.2 Å². The summed E-state index contributed by atoms with van der Waals surface area (Å²) in [5, 5.41) is 13.0. The molecule has 0 unspecified atom stereocenters. The van der Waals surface area contributed by atoms with E-state index in [0.717, 1.165) is 5.56 Å². The van der Waals surface area contributed by atoms with E-state index in [0.29, 0.717) is 6.42 Å². The Bertz CT molecular complexity index is 467. The van der Waals surface area contributed by atoms with E-state index in [4.69, 9.17) is 0 Å². The van der Waals surface area contributed by atoms with Crippen LogP contribution in [0.2, 0.25) is 0 Å². The zero-order valence-corrected chi connectivity index (χ0v) is 13.4. The van der Waals surface area contributed by atoms with Crippen molar-refractivity contribution in [3.8, 4) is 5.75 Å². The van der Waals surface area contributed by atoms with E-state index >= 15 is 0 Å². The number of ketones is 1. The van der Waals surface area contributed by atoms with Crippen molar-refractivity contribution < 1.29 is 9.90 Å². The summed E-state index contributed by atoms with van der Waals surface area (Å²) < 4.78 is 0. The molecule has 3 nitrogen and oxygen atoms in total. The van der Waals surface area contributed by atoms with Crippen LogP contribution in [0.3, 0.4) is 0 Å². The van der Waals surface area contributed by atoms with Gasteiger partial charge in [-0.1, -0.05) is 32.9 Å². The van der Waals surface area contributed by atoms with Crippen LogP contribution in [0.1, 0.15) is 47.1 Å². The quantitative estimate of drug-likeness (QED) is 0.887. The molecule has 0 amide bonds. The third-order valence-corrected chi connectivity index (χ3v) is 3.01. The molecular formula is C17H27NO2. The number of rotatable bonds is 4. The van der Waals surface area contributed by atoms with Gasteiger partial charge in [0, 0.05) is 11.0 Å². The molecule has 20 heavy (non-hydrogen) atoms. The molecule has 3 heteroatoms. The average Bonchev–Trinajstić information content (AvgIpc) is 2.24. The third-order valence-electron chi connectivity index (χ3n) is 3.01. The number of carbonyl (C=O) groups excluding carboxylic acids is 1. The fourth-order valence-electron chi connectivity index (χ4n) is 2.17. The lowest BCUT2D eigenvalue weighted by Crippen LogP contribution is -2.51. The largest absolute Gasteiger partial charge is 0.508 e. The van der Waals surface area contributed by atoms with Crippen molar-refractivity contribution in [3.05, 3.63) is 29.8 Å². The van der Waals surface area contributed by atoms with E-state index in [1.54, 1.807) is 18.2 Å². The van der Waals surface area contributed by atoms with Gasteiger partial charge in [0.2, 0.25) is 0 Å². The Morgan fingerprint density at radius 2 is 1.80 bits per heavy atom. The molecule has 2 N–H and O–H groups in total. The van der Waals surface area contributed by atoms with Crippen molar-refractivity contribution in [3.63, 3.8) is 0 Å². The molecule has 0 aliphatic carbocycles. The molecule has 0 bridgehead atoms. The lowest BCUT2D eigenvalue weighted by atomic mass is 9.83. The van der Waals surface area contributed by atoms with Crippen LogP contribution in [0.4, 0.5) is 0 Å². The Morgan fingerprint density at radius 1 is 1.20 bits per heavy atom. The first-order chi connectivity index (χ1) is 8.99. The fourth-order valence-corrected chi connectivity index (χ4v) is 2.17. The molecule has 0 aromatic heterocycles. The van der Waals surface area contributed by atoms with Gasteiger partial charge in [-0.25, -0.2) is 0 Å². The van der Waals surface area contributed by atoms with Crippen LogP contribution in [0.25, 0.3) is 0 Å². The van der Waals surface area contributed by atoms with Crippen molar-refractivity contribution in [2.24, 2.45) is 5.41 Å². The Labute approximate surface area is 122 Å². The highest BCUT2D eigenvalue weighted by Crippen LogP contribution is 2.21. The van der Waals surface area contributed by atoms with Gasteiger partial charge in [-0.15, -0.1) is 0 Å². The first-order valence-corrected chi connectivity index (χ1v) is 7.09. The number of hydrogen-bond donors (Lipinski definition) is 2. The number of carbonyl (C=O) groups is 1. The lowest BCUT2D eigenvalue weighted by molar-refractivity contribution is -0.128. The molecule has 0 aliphatic rings. The Morgan fingerprint density at radius 3 is 2.25 bits per heavy atom. The number of Topliss-reactive ketones (excluding diaryl/α,β-unsaturated/α-hetero) is 1. The summed E-state index contributed by atoms with van der Waals surface area (Å²) in [5.41, 5.74) is 0.437. The lowest BCUT2D eigenvalue weighted by Gasteiger charge is -2.32. The van der Waals surface area contributed by atoms with Crippen LogP contribution < -0.4 is 5.32 Å². The zero-order chi connectivity index (χ0) is 15.6. The summed E-state index contributed by atoms with van der Waals surface area (Å²) >= 11 is 0. The summed E-state index contributed by atoms with van der Waals surface area (Å²) in [6, 6.07) is 6.85. The van der Waals surface area contributed by atoms with Crippen LogP contribution in [-0.4, -0.2) is 22.5 Å². The van der Waals surface area contributed by atoms with Crippen LogP contribution in [0.5, 0.6) is 5.75 Å². The molecule has 1 rings (SSSR count). The fraction of sp³-hybridized carbons (Fsp3) is 0.588. The van der Waals surface area contributed by atoms with Crippen molar-refractivity contribution in [2.45, 2.75) is 59.5 Å². The number of benzene rings is 1. The number of hydrogen-bond acceptors (Lipinski definition) is 3. The highest BCUT2D eigenvalue weighted by Gasteiger charge is 2.31. The van der Waals surface area contributed by atoms with Gasteiger partial charge in [0.15, 0.2) is 5.78 Å². The minimum Gasteiger partial charge on any atom is -0.508 e. The molecule has 1 aromatic carbocycles. The van der Waals surface area contributed by atoms with Crippen molar-refractivity contribution in [1.29, 1.82) is 0 Å². The molecule has 0 spiro atoms. The number of aromatic hydroxyl groups is 1. The molecule has 1 aromatic rings. The second kappa shape index (κ2) is 5.96. The molecule has 112 valence electrons. The van der Waals surface area contributed by atoms with Gasteiger partial charge in [-0.2, -0.15) is 0 Å². The minimum atomic E-state index is -0.389. The van der Waals surface area contributed by atoms with E-state index in [9.17, 15) is 9.90 Å². The Hall–Kier alpha value is -1.35. The molecule has 0 heterocycles. The standard InChI is InChI=1S/C17H27NO2/c1-16(2,3)15(20)14(18-17(4,5)6)11-12-8-7-9-13(19)10-12/h7-10,14,18-19H,11H2,1-6H3/t14-/m0/s1. The van der Waals surface area contributed by atoms with Crippen LogP contribution in [0.15, 0.2) is 24.3 Å². The van der Waals surface area contributed by atoms with Crippen molar-refractivity contribution in [1.82, 2.24) is 5.32 Å². The second-order valence-corrected chi connectivity index (χ2v) is 7.44. The topological polar surface area (TPSA) is 49.3 Å². The van der Waals surface area contributed by atoms with Crippen LogP contribution in [0, 0.1) is 5.41 Å². The van der Waals surface area contributed by atoms with Crippen molar-refractivity contribution >= 4 is 5.78 Å². The van der Waals surface area contributed by atoms with Gasteiger partial charge >= 0.3 is 0 Å². The number of phenolic OH excluding ortho intramolecular Hbond substituents is 1. The molecular weight excluding hydrogens is 250 g/mol. The second-order valence-electron chi connectivity index (χ2n) is 7.44. The van der Waals surface area contributed by atoms with Gasteiger partial charge in [-0.3, -0.25) is 4.79 Å². The van der Waals surface area contributed by atoms with E-state index in [1.165, 1.54) is 0 Å². The summed E-state index contributed by atoms with van der Waals surface area (Å²) in [5.74, 6) is 0.427. The molecule has 0 aliphatic heterocycles. The van der Waals surface area contributed by atoms with Crippen LogP contribution >= 0.6 is 0 Å². The van der Waals surface area contributed by atoms with E-state index < -0.39 is 0 Å². The highest BCUT2D eigenvalue weighted by molar-refractivity contribution is 5.89. The first-order valence-electron chi connectivity index (χ1n) is 7.09. The summed E-state index contributed by atoms with van der Waals surface area (Å²) in [6.07, 6.45) is 0.585. The maximum Gasteiger partial charge on any atom is 0.155 e. The molecule has 0 radical (unpaired) electrons. The summed E-state index contributed by atoms with van der Waals surface area (Å²) in [4.78, 5) is 12.6. The van der Waals surface area contributed by atoms with Gasteiger partial charge in [0.05, 0.1) is 6.04 Å². The average molecular weight is 277 g/mol. The molecule has 0 saturated carbocycles. The highest BCUT2D eigenvalue weighted by atomic mass is 16.3. The van der Waals surface area contributed by atoms with Gasteiger partial charge in [0.1, 0.15) is 5.75 Å². The molecule has 1 atom stereocenters. The van der Waals surface area contributed by atoms with Gasteiger partial charge in [-0.05, 0) is 44.9 Å². The third kappa shape index (κ3) is 5.33. The van der Waals surface area contributed by atoms with E-state index in [2.05, 4.69) is 26.1 Å². The Balaban J connectivity index is 2.97. The SMILES string of the molecule is CC(C)(C)N[C@@H](Cc1cccc(O)c1)C(=O)C(C)(C)C.